The van der Waals surface area contributed by atoms with Crippen molar-refractivity contribution in [2.75, 3.05) is 19.1 Å². The molecule has 20 heavy (non-hydrogen) atoms. The van der Waals surface area contributed by atoms with Gasteiger partial charge in [-0.2, -0.15) is 0 Å². The number of ether oxygens (including phenoxy) is 1. The topological polar surface area (TPSA) is 78.1 Å². The normalized spacial score (nSPS) is 10.6. The van der Waals surface area contributed by atoms with Crippen LogP contribution in [0.5, 0.6) is 0 Å². The quantitative estimate of drug-likeness (QED) is 0.515. The molecule has 0 aliphatic heterocycles. The average molecular weight is 348 g/mol. The van der Waals surface area contributed by atoms with E-state index in [1.807, 2.05) is 6.26 Å². The molecular weight excluding hydrogens is 338 g/mol. The molecule has 0 unspecified atom stereocenters. The Morgan fingerprint density at radius 3 is 2.70 bits per heavy atom. The number of nitrogens with two attached hydrogens (primary N) is 1. The van der Waals surface area contributed by atoms with Gasteiger partial charge in [-0.15, -0.1) is 10.2 Å². The monoisotopic (exact) mass is 347 g/mol. The van der Waals surface area contributed by atoms with Gasteiger partial charge < -0.3 is 10.5 Å². The molecule has 0 amide bonds. The van der Waals surface area contributed by atoms with Gasteiger partial charge in [-0.1, -0.05) is 46.5 Å². The van der Waals surface area contributed by atoms with E-state index in [1.54, 1.807) is 6.07 Å². The lowest BCUT2D eigenvalue weighted by Gasteiger charge is -2.09. The number of halogens is 1. The molecule has 106 valence electrons. The maximum Gasteiger partial charge on any atom is 0.339 e. The summed E-state index contributed by atoms with van der Waals surface area (Å²) in [6.07, 6.45) is 1.92. The summed E-state index contributed by atoms with van der Waals surface area (Å²) in [5.74, 6) is -0.490. The van der Waals surface area contributed by atoms with E-state index in [0.717, 1.165) is 4.34 Å². The lowest BCUT2D eigenvalue weighted by Crippen LogP contribution is -2.04. The van der Waals surface area contributed by atoms with Crippen LogP contribution in [0.1, 0.15) is 10.4 Å². The van der Waals surface area contributed by atoms with Crippen LogP contribution in [0.3, 0.4) is 0 Å². The summed E-state index contributed by atoms with van der Waals surface area (Å²) in [6, 6.07) is 3.13. The molecule has 2 N–H and O–H groups in total. The van der Waals surface area contributed by atoms with Crippen molar-refractivity contribution in [1.29, 1.82) is 0 Å². The number of thioether (sulfide) groups is 1. The molecule has 5 nitrogen and oxygen atoms in total. The van der Waals surface area contributed by atoms with Crippen molar-refractivity contribution in [1.82, 2.24) is 10.2 Å². The molecule has 1 aromatic carbocycles. The lowest BCUT2D eigenvalue weighted by molar-refractivity contribution is 0.0597. The third-order valence-electron chi connectivity index (χ3n) is 2.22. The SMILES string of the molecule is COC(=O)c1cc(N)cc(Cl)c1Sc1nnc(SC)s1. The largest absolute Gasteiger partial charge is 0.465 e. The Hall–Kier alpha value is -0.960. The number of benzene rings is 1. The van der Waals surface area contributed by atoms with E-state index in [4.69, 9.17) is 22.1 Å². The number of nitrogens with zero attached hydrogens (tertiary/aromatic N) is 2. The first kappa shape index (κ1) is 15.4. The van der Waals surface area contributed by atoms with Gasteiger partial charge in [0.1, 0.15) is 0 Å². The van der Waals surface area contributed by atoms with Crippen molar-refractivity contribution < 1.29 is 9.53 Å². The van der Waals surface area contributed by atoms with E-state index in [1.165, 1.54) is 48.0 Å². The van der Waals surface area contributed by atoms with Gasteiger partial charge in [0, 0.05) is 10.6 Å². The molecule has 0 aliphatic rings. The number of nitrogen functional groups attached to an aromatic ring is 1. The summed E-state index contributed by atoms with van der Waals surface area (Å²) in [7, 11) is 1.31. The molecular formula is C11H10ClN3O2S3. The molecule has 2 rings (SSSR count). The van der Waals surface area contributed by atoms with E-state index < -0.39 is 5.97 Å². The maximum atomic E-state index is 11.8. The van der Waals surface area contributed by atoms with Gasteiger partial charge in [0.2, 0.25) is 0 Å². The average Bonchev–Trinajstić information content (AvgIpc) is 2.88. The van der Waals surface area contributed by atoms with Crippen molar-refractivity contribution in [3.63, 3.8) is 0 Å². The third-order valence-corrected chi connectivity index (χ3v) is 5.73. The van der Waals surface area contributed by atoms with Crippen LogP contribution in [0.25, 0.3) is 0 Å². The number of aromatic nitrogens is 2. The summed E-state index contributed by atoms with van der Waals surface area (Å²) in [5, 5.41) is 8.43. The van der Waals surface area contributed by atoms with Crippen LogP contribution in [0.15, 0.2) is 25.7 Å². The molecule has 0 saturated carbocycles. The summed E-state index contributed by atoms with van der Waals surface area (Å²) < 4.78 is 6.29. The number of carbonyl (C=O) groups is 1. The van der Waals surface area contributed by atoms with Crippen LogP contribution in [0.2, 0.25) is 5.02 Å². The molecule has 0 saturated heterocycles. The molecule has 2 aromatic rings. The number of methoxy groups -OCH3 is 1. The lowest BCUT2D eigenvalue weighted by atomic mass is 10.2. The first-order valence-corrected chi connectivity index (χ1v) is 8.51. The number of carbonyl (C=O) groups excluding carboxylic acids is 1. The Kier molecular flexibility index (Phi) is 5.14. The molecule has 0 radical (unpaired) electrons. The zero-order chi connectivity index (χ0) is 14.7. The van der Waals surface area contributed by atoms with Gasteiger partial charge >= 0.3 is 5.97 Å². The number of hydrogen-bond acceptors (Lipinski definition) is 8. The van der Waals surface area contributed by atoms with E-state index in [9.17, 15) is 4.79 Å². The highest BCUT2D eigenvalue weighted by molar-refractivity contribution is 8.03. The molecule has 9 heteroatoms. The standard InChI is InChI=1S/C11H10ClN3O2S3/c1-17-9(16)6-3-5(13)4-7(12)8(6)19-11-15-14-10(18-2)20-11/h3-4H,13H2,1-2H3. The fourth-order valence-corrected chi connectivity index (χ4v) is 4.21. The summed E-state index contributed by atoms with van der Waals surface area (Å²) in [5.41, 5.74) is 6.44. The Balaban J connectivity index is 2.41. The minimum atomic E-state index is -0.490. The van der Waals surface area contributed by atoms with Crippen molar-refractivity contribution in [3.8, 4) is 0 Å². The first-order valence-electron chi connectivity index (χ1n) is 5.27. The van der Waals surface area contributed by atoms with Crippen LogP contribution >= 0.6 is 46.5 Å². The fourth-order valence-electron chi connectivity index (χ4n) is 1.39. The van der Waals surface area contributed by atoms with Gasteiger partial charge in [-0.05, 0) is 18.4 Å². The van der Waals surface area contributed by atoms with Crippen molar-refractivity contribution in [2.45, 2.75) is 13.6 Å². The Morgan fingerprint density at radius 2 is 2.10 bits per heavy atom. The third kappa shape index (κ3) is 3.38. The summed E-state index contributed by atoms with van der Waals surface area (Å²) >= 11 is 10.4. The number of hydrogen-bond donors (Lipinski definition) is 1. The van der Waals surface area contributed by atoms with E-state index >= 15 is 0 Å². The van der Waals surface area contributed by atoms with Crippen LogP contribution in [-0.4, -0.2) is 29.5 Å². The van der Waals surface area contributed by atoms with E-state index in [2.05, 4.69) is 10.2 Å². The van der Waals surface area contributed by atoms with Crippen LogP contribution in [0, 0.1) is 0 Å². The van der Waals surface area contributed by atoms with Crippen LogP contribution in [-0.2, 0) is 4.74 Å². The highest BCUT2D eigenvalue weighted by Gasteiger charge is 2.19. The molecule has 0 bridgehead atoms. The van der Waals surface area contributed by atoms with Gasteiger partial charge in [0.15, 0.2) is 8.68 Å². The molecule has 1 aromatic heterocycles. The number of rotatable bonds is 4. The maximum absolute atomic E-state index is 11.8. The molecule has 0 fully saturated rings. The number of anilines is 1. The van der Waals surface area contributed by atoms with Crippen molar-refractivity contribution in [3.05, 3.63) is 22.7 Å². The van der Waals surface area contributed by atoms with Gasteiger partial charge in [-0.3, -0.25) is 0 Å². The second kappa shape index (κ2) is 6.66. The van der Waals surface area contributed by atoms with Crippen molar-refractivity contribution >= 4 is 58.1 Å². The molecule has 0 spiro atoms. The smallest absolute Gasteiger partial charge is 0.339 e. The van der Waals surface area contributed by atoms with Gasteiger partial charge in [0.05, 0.1) is 17.7 Å². The van der Waals surface area contributed by atoms with Crippen molar-refractivity contribution in [2.24, 2.45) is 0 Å². The zero-order valence-electron chi connectivity index (χ0n) is 10.5. The second-order valence-electron chi connectivity index (χ2n) is 3.51. The second-order valence-corrected chi connectivity index (χ2v) is 7.21. The highest BCUT2D eigenvalue weighted by atomic mass is 35.5. The fraction of sp³-hybridized carbons (Fsp3) is 0.182. The first-order chi connectivity index (χ1) is 9.55. The van der Waals surface area contributed by atoms with E-state index in [-0.39, 0.29) is 0 Å². The minimum absolute atomic E-state index is 0.323. The van der Waals surface area contributed by atoms with Gasteiger partial charge in [0.25, 0.3) is 0 Å². The summed E-state index contributed by atoms with van der Waals surface area (Å²) in [4.78, 5) is 12.4. The zero-order valence-corrected chi connectivity index (χ0v) is 13.8. The summed E-state index contributed by atoms with van der Waals surface area (Å²) in [6.45, 7) is 0. The highest BCUT2D eigenvalue weighted by Crippen LogP contribution is 2.39. The van der Waals surface area contributed by atoms with E-state index in [0.29, 0.717) is 25.5 Å². The Bertz CT molecular complexity index is 648. The number of esters is 1. The van der Waals surface area contributed by atoms with Crippen LogP contribution < -0.4 is 5.73 Å². The Morgan fingerprint density at radius 1 is 1.40 bits per heavy atom. The van der Waals surface area contributed by atoms with Crippen LogP contribution in [0.4, 0.5) is 5.69 Å². The molecule has 1 heterocycles. The Labute approximate surface area is 133 Å². The van der Waals surface area contributed by atoms with Gasteiger partial charge in [-0.25, -0.2) is 4.79 Å². The minimum Gasteiger partial charge on any atom is -0.465 e. The predicted octanol–water partition coefficient (Wildman–Crippen LogP) is 3.43. The molecule has 0 aliphatic carbocycles. The predicted molar refractivity (Wildman–Crippen MR) is 83.0 cm³/mol. The molecule has 0 atom stereocenters.